The third-order valence-corrected chi connectivity index (χ3v) is 16.6. The Bertz CT molecular complexity index is 1840. The topological polar surface area (TPSA) is 58.6 Å². The van der Waals surface area contributed by atoms with Gasteiger partial charge in [0.15, 0.2) is 0 Å². The van der Waals surface area contributed by atoms with Crippen LogP contribution in [0, 0.1) is 35.5 Å². The van der Waals surface area contributed by atoms with E-state index in [4.69, 9.17) is 14.7 Å². The van der Waals surface area contributed by atoms with E-state index in [1.807, 2.05) is 0 Å². The number of aromatic nitrogens is 2. The number of ether oxygens (including phenoxy) is 1. The molecule has 270 valence electrons. The first kappa shape index (κ1) is 33.8. The van der Waals surface area contributed by atoms with Crippen LogP contribution >= 0.6 is 0 Å². The Hall–Kier alpha value is -3.03. The number of carbonyl (C=O) groups excluding carboxylic acids is 1. The van der Waals surface area contributed by atoms with Gasteiger partial charge in [-0.25, -0.2) is 4.79 Å². The fraction of sp³-hybridized carbons (Fsp3) is 0.614. The largest absolute Gasteiger partial charge is 0.453 e. The van der Waals surface area contributed by atoms with Crippen LogP contribution in [0.1, 0.15) is 93.3 Å². The molecule has 7 heteroatoms. The van der Waals surface area contributed by atoms with Crippen molar-refractivity contribution in [2.24, 2.45) is 35.5 Å². The normalized spacial score (nSPS) is 34.1. The minimum atomic E-state index is -1.89. The molecule has 0 radical (unpaired) electrons. The lowest BCUT2D eigenvalue weighted by atomic mass is 9.53. The van der Waals surface area contributed by atoms with Crippen LogP contribution in [0.4, 0.5) is 4.79 Å². The molecule has 1 amide bonds. The molecule has 1 aromatic carbocycles. The molecule has 2 aliphatic heterocycles. The minimum absolute atomic E-state index is 0.0566. The number of hydrogen-bond acceptors (Lipinski definition) is 5. The van der Waals surface area contributed by atoms with Gasteiger partial charge in [-0.3, -0.25) is 19.8 Å². The molecule has 2 saturated heterocycles. The molecular weight excluding hydrogens is 645 g/mol. The highest BCUT2D eigenvalue weighted by Gasteiger charge is 2.60. The smallest absolute Gasteiger partial charge is 0.410 e. The molecule has 4 heterocycles. The SMILES string of the molecule is COC(=O)N1CCC[C@@H]2[C@@H]3Cc4nc(-c5ccc6c(n5)C[C@@H]5C[C@@H](C)C[C@@]67[C@@H]5CCCN7Cc5ccccc5)c([Si](C)(C)C)cc4[C@@]21C[C@H](C)C3. The molecule has 9 rings (SSSR count). The second-order valence-electron chi connectivity index (χ2n) is 18.7. The standard InChI is InChI=1S/C44H58N4O2Si/c1-28-20-31-22-38-35(43(25-28)33(31)14-10-18-47(43)27-30-12-8-7-9-13-30)16-17-37(45-38)41-40(51(4,5)6)24-36-39(46-41)23-32-21-29(2)26-44(36)34(32)15-11-19-48(44)42(49)50-3/h7-9,12-13,16-17,24,28-29,31-34H,10-11,14-15,18-23,25-27H2,1-6H3/t28-,29-,31+,32+,33-,34-,43-,44-/m1/s1. The summed E-state index contributed by atoms with van der Waals surface area (Å²) in [4.78, 5) is 30.0. The third-order valence-electron chi connectivity index (χ3n) is 14.6. The lowest BCUT2D eigenvalue weighted by Gasteiger charge is -2.61. The van der Waals surface area contributed by atoms with E-state index in [-0.39, 0.29) is 17.2 Å². The van der Waals surface area contributed by atoms with E-state index in [1.54, 1.807) is 7.11 Å². The maximum Gasteiger partial charge on any atom is 0.410 e. The van der Waals surface area contributed by atoms with Gasteiger partial charge in [0.1, 0.15) is 0 Å². The van der Waals surface area contributed by atoms with Crippen LogP contribution in [0.3, 0.4) is 0 Å². The number of rotatable bonds is 4. The van der Waals surface area contributed by atoms with E-state index < -0.39 is 8.07 Å². The van der Waals surface area contributed by atoms with Crippen molar-refractivity contribution in [3.8, 4) is 11.4 Å². The van der Waals surface area contributed by atoms with Crippen molar-refractivity contribution in [1.82, 2.24) is 19.8 Å². The van der Waals surface area contributed by atoms with Crippen LogP contribution in [-0.2, 0) is 35.2 Å². The predicted octanol–water partition coefficient (Wildman–Crippen LogP) is 8.67. The average Bonchev–Trinajstić information content (AvgIpc) is 3.10. The zero-order chi connectivity index (χ0) is 35.3. The molecule has 0 spiro atoms. The number of hydrogen-bond donors (Lipinski definition) is 0. The second kappa shape index (κ2) is 12.3. The van der Waals surface area contributed by atoms with E-state index in [0.717, 1.165) is 56.7 Å². The van der Waals surface area contributed by atoms with Gasteiger partial charge < -0.3 is 4.74 Å². The minimum Gasteiger partial charge on any atom is -0.453 e. The molecule has 4 fully saturated rings. The fourth-order valence-electron chi connectivity index (χ4n) is 13.0. The Labute approximate surface area is 306 Å². The van der Waals surface area contributed by atoms with Gasteiger partial charge in [-0.15, -0.1) is 0 Å². The number of amides is 1. The van der Waals surface area contributed by atoms with Gasteiger partial charge in [0, 0.05) is 24.5 Å². The Morgan fingerprint density at radius 1 is 0.843 bits per heavy atom. The number of piperidine rings is 2. The first-order chi connectivity index (χ1) is 24.5. The summed E-state index contributed by atoms with van der Waals surface area (Å²) in [5.41, 5.74) is 8.69. The molecule has 0 N–H and O–H groups in total. The number of pyridine rings is 2. The molecule has 6 nitrogen and oxygen atoms in total. The van der Waals surface area contributed by atoms with Crippen LogP contribution in [-0.4, -0.2) is 54.1 Å². The number of likely N-dealkylation sites (tertiary alicyclic amines) is 2. The van der Waals surface area contributed by atoms with E-state index >= 15 is 0 Å². The highest BCUT2D eigenvalue weighted by atomic mass is 28.3. The maximum absolute atomic E-state index is 13.5. The predicted molar refractivity (Wildman–Crippen MR) is 206 cm³/mol. The first-order valence-corrected chi connectivity index (χ1v) is 23.7. The molecular formula is C44H58N4O2Si. The summed E-state index contributed by atoms with van der Waals surface area (Å²) in [5.74, 6) is 3.68. The molecule has 2 saturated carbocycles. The molecule has 51 heavy (non-hydrogen) atoms. The molecule has 8 atom stereocenters. The Morgan fingerprint density at radius 3 is 2.18 bits per heavy atom. The summed E-state index contributed by atoms with van der Waals surface area (Å²) in [5, 5.41) is 1.39. The lowest BCUT2D eigenvalue weighted by molar-refractivity contribution is -0.0967. The lowest BCUT2D eigenvalue weighted by Crippen LogP contribution is -2.64. The highest BCUT2D eigenvalue weighted by molar-refractivity contribution is 6.89. The van der Waals surface area contributed by atoms with Crippen LogP contribution in [0.5, 0.6) is 0 Å². The van der Waals surface area contributed by atoms with Crippen LogP contribution in [0.15, 0.2) is 48.5 Å². The third kappa shape index (κ3) is 5.14. The molecule has 4 aliphatic carbocycles. The van der Waals surface area contributed by atoms with Gasteiger partial charge in [-0.2, -0.15) is 0 Å². The summed E-state index contributed by atoms with van der Waals surface area (Å²) in [6.45, 7) is 15.2. The molecule has 4 bridgehead atoms. The van der Waals surface area contributed by atoms with Gasteiger partial charge in [0.2, 0.25) is 0 Å². The molecule has 3 aromatic rings. The molecule has 2 aromatic heterocycles. The monoisotopic (exact) mass is 702 g/mol. The van der Waals surface area contributed by atoms with Gasteiger partial charge in [-0.05, 0) is 134 Å². The van der Waals surface area contributed by atoms with Gasteiger partial charge >= 0.3 is 6.09 Å². The molecule has 0 unspecified atom stereocenters. The number of benzene rings is 1. The van der Waals surface area contributed by atoms with E-state index in [0.29, 0.717) is 35.5 Å². The van der Waals surface area contributed by atoms with E-state index in [2.05, 4.69) is 91.8 Å². The maximum atomic E-state index is 13.5. The Kier molecular flexibility index (Phi) is 8.12. The van der Waals surface area contributed by atoms with Crippen molar-refractivity contribution >= 4 is 19.4 Å². The van der Waals surface area contributed by atoms with Crippen LogP contribution in [0.2, 0.25) is 19.6 Å². The Morgan fingerprint density at radius 2 is 1.49 bits per heavy atom. The quantitative estimate of drug-likeness (QED) is 0.255. The van der Waals surface area contributed by atoms with E-state index in [9.17, 15) is 4.79 Å². The number of methoxy groups -OCH3 is 1. The van der Waals surface area contributed by atoms with Gasteiger partial charge in [0.05, 0.1) is 37.6 Å². The van der Waals surface area contributed by atoms with Crippen molar-refractivity contribution in [3.63, 3.8) is 0 Å². The average molecular weight is 703 g/mol. The van der Waals surface area contributed by atoms with Crippen molar-refractivity contribution in [2.75, 3.05) is 20.2 Å². The van der Waals surface area contributed by atoms with Crippen molar-refractivity contribution in [2.45, 2.75) is 115 Å². The van der Waals surface area contributed by atoms with Gasteiger partial charge in [0.25, 0.3) is 0 Å². The Balaban J connectivity index is 1.18. The summed E-state index contributed by atoms with van der Waals surface area (Å²) in [6.07, 6.45) is 11.5. The second-order valence-corrected chi connectivity index (χ2v) is 23.8. The summed E-state index contributed by atoms with van der Waals surface area (Å²) >= 11 is 0. The van der Waals surface area contributed by atoms with Gasteiger partial charge in [-0.1, -0.05) is 76.0 Å². The molecule has 6 aliphatic rings. The van der Waals surface area contributed by atoms with Crippen molar-refractivity contribution in [3.05, 3.63) is 76.6 Å². The van der Waals surface area contributed by atoms with Crippen LogP contribution in [0.25, 0.3) is 11.4 Å². The first-order valence-electron chi connectivity index (χ1n) is 20.2. The fourth-order valence-corrected chi connectivity index (χ4v) is 14.4. The zero-order valence-corrected chi connectivity index (χ0v) is 32.9. The van der Waals surface area contributed by atoms with Crippen molar-refractivity contribution in [1.29, 1.82) is 0 Å². The summed E-state index contributed by atoms with van der Waals surface area (Å²) in [6, 6.07) is 18.5. The van der Waals surface area contributed by atoms with Crippen LogP contribution < -0.4 is 5.19 Å². The highest BCUT2D eigenvalue weighted by Crippen LogP contribution is 2.61. The summed E-state index contributed by atoms with van der Waals surface area (Å²) < 4.78 is 5.50. The number of fused-ring (bicyclic) bond motifs is 2. The number of nitrogens with zero attached hydrogens (tertiary/aromatic N) is 4. The summed E-state index contributed by atoms with van der Waals surface area (Å²) in [7, 11) is -0.339. The van der Waals surface area contributed by atoms with Crippen molar-refractivity contribution < 1.29 is 9.53 Å². The zero-order valence-electron chi connectivity index (χ0n) is 31.9. The van der Waals surface area contributed by atoms with E-state index in [1.165, 1.54) is 71.8 Å². The number of carbonyl (C=O) groups is 1.